The number of aromatic nitrogens is 2. The van der Waals surface area contributed by atoms with Gasteiger partial charge in [-0.05, 0) is 42.0 Å². The van der Waals surface area contributed by atoms with Gasteiger partial charge in [0.05, 0.1) is 6.04 Å². The van der Waals surface area contributed by atoms with E-state index in [0.717, 1.165) is 24.4 Å². The van der Waals surface area contributed by atoms with E-state index in [9.17, 15) is 9.41 Å². The van der Waals surface area contributed by atoms with Crippen molar-refractivity contribution in [3.63, 3.8) is 0 Å². The Kier molecular flexibility index (Phi) is 4.05. The molecule has 20 heavy (non-hydrogen) atoms. The van der Waals surface area contributed by atoms with E-state index in [2.05, 4.69) is 26.1 Å². The first-order chi connectivity index (χ1) is 9.49. The van der Waals surface area contributed by atoms with Crippen molar-refractivity contribution in [2.24, 2.45) is 0 Å². The molecule has 2 saturated heterocycles. The molecular formula is C11H17BBrFN4OS. The lowest BCUT2D eigenvalue weighted by Gasteiger charge is -2.44. The van der Waals surface area contributed by atoms with Crippen molar-refractivity contribution in [3.8, 4) is 0 Å². The van der Waals surface area contributed by atoms with E-state index in [4.69, 9.17) is 0 Å². The van der Waals surface area contributed by atoms with Crippen LogP contribution in [0.3, 0.4) is 0 Å². The first-order valence-corrected chi connectivity index (χ1v) is 8.41. The van der Waals surface area contributed by atoms with Gasteiger partial charge in [-0.3, -0.25) is 0 Å². The van der Waals surface area contributed by atoms with Gasteiger partial charge in [-0.1, -0.05) is 11.3 Å². The fourth-order valence-electron chi connectivity index (χ4n) is 3.60. The van der Waals surface area contributed by atoms with Crippen LogP contribution in [-0.4, -0.2) is 58.4 Å². The average Bonchev–Trinajstić information content (AvgIpc) is 2.97. The van der Waals surface area contributed by atoms with Crippen LogP contribution in [0, 0.1) is 0 Å². The maximum Gasteiger partial charge on any atom is 0.376 e. The quantitative estimate of drug-likeness (QED) is 0.831. The number of rotatable bonds is 3. The monoisotopic (exact) mass is 362 g/mol. The second-order valence-electron chi connectivity index (χ2n) is 5.57. The fourth-order valence-corrected chi connectivity index (χ4v) is 4.70. The Hall–Kier alpha value is -0.245. The first-order valence-electron chi connectivity index (χ1n) is 6.80. The third-order valence-corrected chi connectivity index (χ3v) is 5.92. The number of halogens is 2. The second-order valence-corrected chi connectivity index (χ2v) is 7.81. The zero-order valence-corrected chi connectivity index (χ0v) is 13.8. The van der Waals surface area contributed by atoms with Crippen LogP contribution in [0.4, 0.5) is 9.52 Å². The Balaban J connectivity index is 1.80. The first kappa shape index (κ1) is 14.7. The Labute approximate surface area is 130 Å². The zero-order valence-electron chi connectivity index (χ0n) is 11.4. The summed E-state index contributed by atoms with van der Waals surface area (Å²) in [5.74, 6) is 0. The summed E-state index contributed by atoms with van der Waals surface area (Å²) in [5.41, 5.74) is 0. The lowest BCUT2D eigenvalue weighted by molar-refractivity contribution is 0.0965. The Morgan fingerprint density at radius 2 is 2.25 bits per heavy atom. The largest absolute Gasteiger partial charge is 0.437 e. The normalized spacial score (nSPS) is 33.5. The summed E-state index contributed by atoms with van der Waals surface area (Å²) in [4.78, 5) is 3.84. The molecule has 9 heteroatoms. The number of nitrogens with zero attached hydrogens (tertiary/aromatic N) is 4. The fraction of sp³-hybridized carbons (Fsp3) is 0.818. The third-order valence-electron chi connectivity index (χ3n) is 4.47. The minimum Gasteiger partial charge on any atom is -0.437 e. The van der Waals surface area contributed by atoms with E-state index < -0.39 is 13.2 Å². The average molecular weight is 363 g/mol. The highest BCUT2D eigenvalue weighted by molar-refractivity contribution is 9.11. The van der Waals surface area contributed by atoms with E-state index in [0.29, 0.717) is 3.92 Å². The highest BCUT2D eigenvalue weighted by Crippen LogP contribution is 2.40. The molecule has 2 unspecified atom stereocenters. The third kappa shape index (κ3) is 2.38. The molecule has 0 spiro atoms. The molecule has 0 aromatic carbocycles. The lowest BCUT2D eigenvalue weighted by atomic mass is 9.78. The maximum atomic E-state index is 14.8. The summed E-state index contributed by atoms with van der Waals surface area (Å²) < 4.78 is 15.6. The maximum absolute atomic E-state index is 14.8. The van der Waals surface area contributed by atoms with Crippen molar-refractivity contribution in [1.29, 1.82) is 0 Å². The highest BCUT2D eigenvalue weighted by atomic mass is 79.9. The van der Waals surface area contributed by atoms with E-state index in [1.807, 2.05) is 16.8 Å². The van der Waals surface area contributed by atoms with Crippen LogP contribution >= 0.6 is 27.3 Å². The van der Waals surface area contributed by atoms with Crippen molar-refractivity contribution in [2.45, 2.75) is 50.4 Å². The summed E-state index contributed by atoms with van der Waals surface area (Å²) in [6, 6.07) is -0.115. The number of fused-ring (bicyclic) bond motifs is 2. The van der Waals surface area contributed by atoms with Crippen molar-refractivity contribution < 1.29 is 9.41 Å². The number of hydrogen-bond donors (Lipinski definition) is 1. The van der Waals surface area contributed by atoms with Gasteiger partial charge in [-0.15, -0.1) is 10.2 Å². The second kappa shape index (κ2) is 5.51. The summed E-state index contributed by atoms with van der Waals surface area (Å²) >= 11 is 4.70. The molecule has 0 saturated carbocycles. The number of hydrogen-bond acceptors (Lipinski definition) is 6. The standard InChI is InChI=1S/C11H17BBrFN4OS/c1-12(19)18-6-3-4-7(18)9(14)8(5-6)17(2)11-16-15-10(13)20-11/h6-9,19H,3-5H2,1-2H3/t6?,7?,8-,9+/m0/s1. The molecule has 2 bridgehead atoms. The zero-order chi connectivity index (χ0) is 14.4. The van der Waals surface area contributed by atoms with Gasteiger partial charge in [0.2, 0.25) is 5.13 Å². The predicted molar refractivity (Wildman–Crippen MR) is 81.8 cm³/mol. The van der Waals surface area contributed by atoms with Gasteiger partial charge in [0, 0.05) is 19.1 Å². The topological polar surface area (TPSA) is 52.5 Å². The van der Waals surface area contributed by atoms with Gasteiger partial charge < -0.3 is 14.7 Å². The van der Waals surface area contributed by atoms with E-state index in [1.54, 1.807) is 6.82 Å². The summed E-state index contributed by atoms with van der Waals surface area (Å²) in [6.45, 7) is 1.73. The number of piperidine rings is 1. The number of anilines is 1. The minimum absolute atomic E-state index is 0.183. The van der Waals surface area contributed by atoms with Gasteiger partial charge in [0.15, 0.2) is 3.92 Å². The van der Waals surface area contributed by atoms with Crippen LogP contribution in [0.1, 0.15) is 19.3 Å². The van der Waals surface area contributed by atoms with Gasteiger partial charge in [-0.2, -0.15) is 0 Å². The minimum atomic E-state index is -0.976. The van der Waals surface area contributed by atoms with Gasteiger partial charge >= 0.3 is 7.05 Å². The van der Waals surface area contributed by atoms with Gasteiger partial charge in [0.25, 0.3) is 0 Å². The van der Waals surface area contributed by atoms with E-state index in [1.165, 1.54) is 11.3 Å². The molecule has 4 atom stereocenters. The lowest BCUT2D eigenvalue weighted by Crippen LogP contribution is -2.60. The van der Waals surface area contributed by atoms with Gasteiger partial charge in [-0.25, -0.2) is 4.39 Å². The highest BCUT2D eigenvalue weighted by Gasteiger charge is 2.51. The van der Waals surface area contributed by atoms with Crippen LogP contribution < -0.4 is 4.90 Å². The van der Waals surface area contributed by atoms with Gasteiger partial charge in [0.1, 0.15) is 6.17 Å². The Bertz CT molecular complexity index is 493. The molecule has 110 valence electrons. The van der Waals surface area contributed by atoms with Crippen molar-refractivity contribution in [3.05, 3.63) is 3.92 Å². The molecule has 2 aliphatic heterocycles. The SMILES string of the molecule is CB(O)N1C2CCC1[C@@H](F)[C@@H](N(C)c1nnc(Br)s1)C2. The molecule has 5 nitrogen and oxygen atoms in total. The smallest absolute Gasteiger partial charge is 0.376 e. The Morgan fingerprint density at radius 3 is 2.85 bits per heavy atom. The Morgan fingerprint density at radius 1 is 1.50 bits per heavy atom. The van der Waals surface area contributed by atoms with Crippen LogP contribution in [0.2, 0.25) is 6.82 Å². The molecule has 3 rings (SSSR count). The molecule has 1 aromatic heterocycles. The van der Waals surface area contributed by atoms with Crippen molar-refractivity contribution >= 4 is 39.4 Å². The van der Waals surface area contributed by atoms with E-state index >= 15 is 0 Å². The predicted octanol–water partition coefficient (Wildman–Crippen LogP) is 1.79. The molecule has 0 amide bonds. The molecule has 2 aliphatic rings. The van der Waals surface area contributed by atoms with E-state index in [-0.39, 0.29) is 18.1 Å². The van der Waals surface area contributed by atoms with Crippen molar-refractivity contribution in [2.75, 3.05) is 11.9 Å². The molecule has 1 aromatic rings. The summed E-state index contributed by atoms with van der Waals surface area (Å²) in [6.07, 6.45) is 1.52. The molecule has 0 aliphatic carbocycles. The van der Waals surface area contributed by atoms with Crippen LogP contribution in [0.15, 0.2) is 3.92 Å². The molecule has 2 fully saturated rings. The van der Waals surface area contributed by atoms with Crippen LogP contribution in [0.25, 0.3) is 0 Å². The molecule has 1 N–H and O–H groups in total. The molecular weight excluding hydrogens is 346 g/mol. The molecule has 3 heterocycles. The summed E-state index contributed by atoms with van der Waals surface area (Å²) in [7, 11) is 1.30. The summed E-state index contributed by atoms with van der Waals surface area (Å²) in [5, 5.41) is 18.6. The van der Waals surface area contributed by atoms with Crippen LogP contribution in [-0.2, 0) is 0 Å². The van der Waals surface area contributed by atoms with Crippen molar-refractivity contribution in [1.82, 2.24) is 15.0 Å². The number of alkyl halides is 1. The molecule has 0 radical (unpaired) electrons. The van der Waals surface area contributed by atoms with Crippen LogP contribution in [0.5, 0.6) is 0 Å².